The van der Waals surface area contributed by atoms with Crippen molar-refractivity contribution in [3.05, 3.63) is 34.6 Å². The first-order chi connectivity index (χ1) is 8.75. The van der Waals surface area contributed by atoms with E-state index in [-0.39, 0.29) is 36.7 Å². The Labute approximate surface area is 136 Å². The van der Waals surface area contributed by atoms with Gasteiger partial charge < -0.3 is 5.32 Å². The van der Waals surface area contributed by atoms with Crippen molar-refractivity contribution in [2.75, 3.05) is 26.2 Å². The highest BCUT2D eigenvalue weighted by Crippen LogP contribution is 2.45. The van der Waals surface area contributed by atoms with Gasteiger partial charge in [0.05, 0.1) is 0 Å². The molecule has 20 heavy (non-hydrogen) atoms. The number of nitrogens with zero attached hydrogens (tertiary/aromatic N) is 1. The van der Waals surface area contributed by atoms with Gasteiger partial charge in [0.2, 0.25) is 0 Å². The number of rotatable bonds is 3. The quantitative estimate of drug-likeness (QED) is 0.902. The molecule has 1 atom stereocenters. The summed E-state index contributed by atoms with van der Waals surface area (Å²) >= 11 is 5.84. The first-order valence-electron chi connectivity index (χ1n) is 6.65. The Hall–Kier alpha value is -0.0600. The lowest BCUT2D eigenvalue weighted by Gasteiger charge is -2.35. The summed E-state index contributed by atoms with van der Waals surface area (Å²) < 4.78 is 14.1. The average Bonchev–Trinajstić information content (AvgIpc) is 3.18. The van der Waals surface area contributed by atoms with Gasteiger partial charge in [0.1, 0.15) is 5.82 Å². The van der Waals surface area contributed by atoms with Crippen LogP contribution >= 0.6 is 36.4 Å². The molecule has 0 spiro atoms. The van der Waals surface area contributed by atoms with E-state index in [0.717, 1.165) is 31.7 Å². The number of hydrogen-bond acceptors (Lipinski definition) is 2. The second kappa shape index (κ2) is 7.81. The van der Waals surface area contributed by atoms with Gasteiger partial charge in [0.25, 0.3) is 0 Å². The van der Waals surface area contributed by atoms with Crippen LogP contribution in [0.15, 0.2) is 18.2 Å². The van der Waals surface area contributed by atoms with Gasteiger partial charge >= 0.3 is 0 Å². The molecule has 1 N–H and O–H groups in total. The van der Waals surface area contributed by atoms with E-state index >= 15 is 0 Å². The molecule has 0 bridgehead atoms. The zero-order valence-electron chi connectivity index (χ0n) is 11.1. The van der Waals surface area contributed by atoms with E-state index < -0.39 is 0 Å². The summed E-state index contributed by atoms with van der Waals surface area (Å²) in [5.74, 6) is 0.469. The SMILES string of the molecule is Cl.Cl.Fc1cc(Cl)ccc1[C@H](C1CC1)N1CCNCC1. The summed E-state index contributed by atoms with van der Waals surface area (Å²) in [5.41, 5.74) is 0.823. The first kappa shape index (κ1) is 18.0. The van der Waals surface area contributed by atoms with Crippen LogP contribution < -0.4 is 5.32 Å². The zero-order valence-corrected chi connectivity index (χ0v) is 13.5. The predicted molar refractivity (Wildman–Crippen MR) is 85.8 cm³/mol. The van der Waals surface area contributed by atoms with Crippen LogP contribution in [0.3, 0.4) is 0 Å². The Kier molecular flexibility index (Phi) is 7.02. The standard InChI is InChI=1S/C14H18ClFN2.2ClH/c15-11-3-4-12(13(16)9-11)14(10-1-2-10)18-7-5-17-6-8-18;;/h3-4,9-10,14,17H,1-2,5-8H2;2*1H/t14-;;/m0../s1. The van der Waals surface area contributed by atoms with E-state index in [9.17, 15) is 4.39 Å². The molecule has 1 saturated heterocycles. The zero-order chi connectivity index (χ0) is 12.5. The Balaban J connectivity index is 0.000001000. The Bertz CT molecular complexity index is 434. The third kappa shape index (κ3) is 3.99. The van der Waals surface area contributed by atoms with Gasteiger partial charge in [-0.2, -0.15) is 0 Å². The van der Waals surface area contributed by atoms with Crippen LogP contribution in [-0.2, 0) is 0 Å². The van der Waals surface area contributed by atoms with Crippen LogP contribution in [-0.4, -0.2) is 31.1 Å². The van der Waals surface area contributed by atoms with Crippen LogP contribution in [0.5, 0.6) is 0 Å². The fraction of sp³-hybridized carbons (Fsp3) is 0.571. The van der Waals surface area contributed by atoms with Crippen LogP contribution in [0.1, 0.15) is 24.4 Å². The first-order valence-corrected chi connectivity index (χ1v) is 7.03. The van der Waals surface area contributed by atoms with Crippen molar-refractivity contribution in [1.29, 1.82) is 0 Å². The topological polar surface area (TPSA) is 15.3 Å². The molecule has 114 valence electrons. The van der Waals surface area contributed by atoms with Gasteiger partial charge in [-0.1, -0.05) is 17.7 Å². The highest BCUT2D eigenvalue weighted by Gasteiger charge is 2.37. The minimum Gasteiger partial charge on any atom is -0.314 e. The molecule has 1 saturated carbocycles. The minimum atomic E-state index is -0.155. The maximum absolute atomic E-state index is 14.1. The van der Waals surface area contributed by atoms with Crippen molar-refractivity contribution in [1.82, 2.24) is 10.2 Å². The summed E-state index contributed by atoms with van der Waals surface area (Å²) in [6.07, 6.45) is 2.44. The second-order valence-electron chi connectivity index (χ2n) is 5.23. The van der Waals surface area contributed by atoms with Crippen LogP contribution in [0.4, 0.5) is 4.39 Å². The summed E-state index contributed by atoms with van der Waals surface area (Å²) in [4.78, 5) is 2.42. The molecule has 0 radical (unpaired) electrons. The monoisotopic (exact) mass is 340 g/mol. The molecule has 2 nitrogen and oxygen atoms in total. The Morgan fingerprint density at radius 2 is 1.85 bits per heavy atom. The van der Waals surface area contributed by atoms with E-state index in [0.29, 0.717) is 10.9 Å². The van der Waals surface area contributed by atoms with Gasteiger partial charge in [-0.25, -0.2) is 4.39 Å². The van der Waals surface area contributed by atoms with E-state index in [1.807, 2.05) is 6.07 Å². The summed E-state index contributed by atoms with van der Waals surface area (Å²) in [5, 5.41) is 3.83. The van der Waals surface area contributed by atoms with Gasteiger partial charge in [-0.3, -0.25) is 4.90 Å². The number of nitrogens with one attached hydrogen (secondary N) is 1. The van der Waals surface area contributed by atoms with Gasteiger partial charge in [-0.05, 0) is 30.9 Å². The average molecular weight is 342 g/mol. The molecule has 1 aromatic carbocycles. The third-order valence-electron chi connectivity index (χ3n) is 3.89. The maximum atomic E-state index is 14.1. The number of piperazine rings is 1. The van der Waals surface area contributed by atoms with Gasteiger partial charge in [0, 0.05) is 42.8 Å². The fourth-order valence-corrected chi connectivity index (χ4v) is 3.02. The van der Waals surface area contributed by atoms with Crippen LogP contribution in [0, 0.1) is 11.7 Å². The second-order valence-corrected chi connectivity index (χ2v) is 5.67. The lowest BCUT2D eigenvalue weighted by atomic mass is 9.99. The smallest absolute Gasteiger partial charge is 0.129 e. The normalized spacial score (nSPS) is 20.7. The molecule has 6 heteroatoms. The molecule has 0 unspecified atom stereocenters. The molecule has 3 rings (SSSR count). The lowest BCUT2D eigenvalue weighted by molar-refractivity contribution is 0.153. The number of benzene rings is 1. The molecule has 1 aliphatic carbocycles. The Morgan fingerprint density at radius 1 is 1.20 bits per heavy atom. The summed E-state index contributed by atoms with van der Waals surface area (Å²) in [7, 11) is 0. The summed E-state index contributed by atoms with van der Waals surface area (Å²) in [6, 6.07) is 5.35. The molecule has 1 heterocycles. The van der Waals surface area contributed by atoms with E-state index in [4.69, 9.17) is 11.6 Å². The summed E-state index contributed by atoms with van der Waals surface area (Å²) in [6.45, 7) is 4.00. The van der Waals surface area contributed by atoms with Gasteiger partial charge in [-0.15, -0.1) is 24.8 Å². The van der Waals surface area contributed by atoms with Gasteiger partial charge in [0.15, 0.2) is 0 Å². The molecule has 2 fully saturated rings. The molecule has 0 aromatic heterocycles. The molecule has 1 aliphatic heterocycles. The fourth-order valence-electron chi connectivity index (χ4n) is 2.86. The molecular formula is C14H20Cl3FN2. The van der Waals surface area contributed by atoms with Crippen LogP contribution in [0.2, 0.25) is 5.02 Å². The Morgan fingerprint density at radius 3 is 2.40 bits per heavy atom. The van der Waals surface area contributed by atoms with Crippen molar-refractivity contribution in [3.8, 4) is 0 Å². The maximum Gasteiger partial charge on any atom is 0.129 e. The van der Waals surface area contributed by atoms with E-state index in [1.165, 1.54) is 18.9 Å². The van der Waals surface area contributed by atoms with Crippen molar-refractivity contribution in [2.24, 2.45) is 5.92 Å². The van der Waals surface area contributed by atoms with E-state index in [2.05, 4.69) is 10.2 Å². The van der Waals surface area contributed by atoms with Crippen molar-refractivity contribution < 1.29 is 4.39 Å². The van der Waals surface area contributed by atoms with E-state index in [1.54, 1.807) is 6.07 Å². The molecular weight excluding hydrogens is 322 g/mol. The number of hydrogen-bond donors (Lipinski definition) is 1. The molecule has 1 aromatic rings. The molecule has 2 aliphatic rings. The largest absolute Gasteiger partial charge is 0.314 e. The van der Waals surface area contributed by atoms with Crippen LogP contribution in [0.25, 0.3) is 0 Å². The highest BCUT2D eigenvalue weighted by molar-refractivity contribution is 6.30. The highest BCUT2D eigenvalue weighted by atomic mass is 35.5. The van der Waals surface area contributed by atoms with Crippen molar-refractivity contribution in [2.45, 2.75) is 18.9 Å². The third-order valence-corrected chi connectivity index (χ3v) is 4.13. The minimum absolute atomic E-state index is 0. The predicted octanol–water partition coefficient (Wildman–Crippen LogP) is 3.68. The molecule has 0 amide bonds. The number of halogens is 4. The van der Waals surface area contributed by atoms with Crippen molar-refractivity contribution in [3.63, 3.8) is 0 Å². The lowest BCUT2D eigenvalue weighted by Crippen LogP contribution is -2.45. The van der Waals surface area contributed by atoms with Crippen molar-refractivity contribution >= 4 is 36.4 Å².